The highest BCUT2D eigenvalue weighted by atomic mass is 16.5. The predicted octanol–water partition coefficient (Wildman–Crippen LogP) is 2.17. The van der Waals surface area contributed by atoms with E-state index in [1.807, 2.05) is 18.7 Å². The molecule has 1 atom stereocenters. The second-order valence-electron chi connectivity index (χ2n) is 5.73. The summed E-state index contributed by atoms with van der Waals surface area (Å²) >= 11 is 0. The summed E-state index contributed by atoms with van der Waals surface area (Å²) in [6.07, 6.45) is 3.43. The van der Waals surface area contributed by atoms with Crippen molar-refractivity contribution in [3.8, 4) is 0 Å². The number of nitrogens with zero attached hydrogens (tertiary/aromatic N) is 2. The molecule has 0 saturated carbocycles. The van der Waals surface area contributed by atoms with Crippen LogP contribution in [0.4, 0.5) is 0 Å². The molecule has 6 heteroatoms. The van der Waals surface area contributed by atoms with Crippen molar-refractivity contribution in [3.05, 3.63) is 17.0 Å². The number of rotatable bonds is 5. The van der Waals surface area contributed by atoms with Crippen molar-refractivity contribution in [2.45, 2.75) is 58.9 Å². The van der Waals surface area contributed by atoms with Gasteiger partial charge in [0, 0.05) is 18.2 Å². The summed E-state index contributed by atoms with van der Waals surface area (Å²) in [6.45, 7) is 6.52. The molecule has 122 valence electrons. The molecule has 1 aromatic heterocycles. The SMILES string of the molecule is CCOC(=O)C[C@H]1CCCCN1C(=O)Cc1c(C)noc1C. The smallest absolute Gasteiger partial charge is 0.307 e. The topological polar surface area (TPSA) is 72.6 Å². The third kappa shape index (κ3) is 3.87. The lowest BCUT2D eigenvalue weighted by Crippen LogP contribution is -2.45. The number of esters is 1. The maximum Gasteiger partial charge on any atom is 0.307 e. The van der Waals surface area contributed by atoms with Gasteiger partial charge in [-0.25, -0.2) is 0 Å². The van der Waals surface area contributed by atoms with E-state index in [2.05, 4.69) is 5.16 Å². The summed E-state index contributed by atoms with van der Waals surface area (Å²) in [4.78, 5) is 26.2. The zero-order chi connectivity index (χ0) is 16.1. The molecule has 6 nitrogen and oxygen atoms in total. The van der Waals surface area contributed by atoms with Crippen LogP contribution in [0.15, 0.2) is 4.52 Å². The molecular formula is C16H24N2O4. The summed E-state index contributed by atoms with van der Waals surface area (Å²) in [5.74, 6) is 0.484. The molecule has 22 heavy (non-hydrogen) atoms. The molecule has 0 spiro atoms. The van der Waals surface area contributed by atoms with E-state index in [1.54, 1.807) is 6.92 Å². The maximum atomic E-state index is 12.6. The molecule has 1 aliphatic rings. The predicted molar refractivity (Wildman–Crippen MR) is 80.3 cm³/mol. The van der Waals surface area contributed by atoms with Gasteiger partial charge in [0.1, 0.15) is 5.76 Å². The molecule has 0 radical (unpaired) electrons. The van der Waals surface area contributed by atoms with Gasteiger partial charge in [0.2, 0.25) is 5.91 Å². The summed E-state index contributed by atoms with van der Waals surface area (Å²) in [5.41, 5.74) is 1.61. The molecule has 0 unspecified atom stereocenters. The third-order valence-electron chi connectivity index (χ3n) is 4.16. The molecule has 0 aromatic carbocycles. The van der Waals surface area contributed by atoms with Gasteiger partial charge in [-0.3, -0.25) is 9.59 Å². The molecule has 0 bridgehead atoms. The third-order valence-corrected chi connectivity index (χ3v) is 4.16. The average molecular weight is 308 g/mol. The summed E-state index contributed by atoms with van der Waals surface area (Å²) < 4.78 is 10.1. The number of carbonyl (C=O) groups excluding carboxylic acids is 2. The fourth-order valence-electron chi connectivity index (χ4n) is 2.96. The maximum absolute atomic E-state index is 12.6. The van der Waals surface area contributed by atoms with Crippen molar-refractivity contribution in [2.75, 3.05) is 13.2 Å². The molecule has 1 aromatic rings. The molecule has 1 fully saturated rings. The minimum absolute atomic E-state index is 0.0309. The van der Waals surface area contributed by atoms with E-state index >= 15 is 0 Å². The van der Waals surface area contributed by atoms with Gasteiger partial charge in [-0.05, 0) is 40.0 Å². The Labute approximate surface area is 130 Å². The second kappa shape index (κ2) is 7.42. The molecular weight excluding hydrogens is 284 g/mol. The fraction of sp³-hybridized carbons (Fsp3) is 0.688. The van der Waals surface area contributed by atoms with Crippen LogP contribution >= 0.6 is 0 Å². The normalized spacial score (nSPS) is 18.3. The number of hydrogen-bond acceptors (Lipinski definition) is 5. The Hall–Kier alpha value is -1.85. The van der Waals surface area contributed by atoms with Gasteiger partial charge in [-0.1, -0.05) is 5.16 Å². The first kappa shape index (κ1) is 16.5. The van der Waals surface area contributed by atoms with Crippen molar-refractivity contribution in [2.24, 2.45) is 0 Å². The van der Waals surface area contributed by atoms with E-state index in [-0.39, 0.29) is 30.8 Å². The van der Waals surface area contributed by atoms with Gasteiger partial charge >= 0.3 is 5.97 Å². The zero-order valence-corrected chi connectivity index (χ0v) is 13.6. The standard InChI is InChI=1S/C16H24N2O4/c1-4-21-16(20)9-13-7-5-6-8-18(13)15(19)10-14-11(2)17-22-12(14)3/h13H,4-10H2,1-3H3/t13-/m1/s1. The van der Waals surface area contributed by atoms with Crippen LogP contribution in [0.3, 0.4) is 0 Å². The Balaban J connectivity index is 2.03. The molecule has 1 aliphatic heterocycles. The number of ether oxygens (including phenoxy) is 1. The minimum Gasteiger partial charge on any atom is -0.466 e. The lowest BCUT2D eigenvalue weighted by atomic mass is 9.98. The van der Waals surface area contributed by atoms with Crippen molar-refractivity contribution in [1.82, 2.24) is 10.1 Å². The van der Waals surface area contributed by atoms with Crippen LogP contribution in [0, 0.1) is 13.8 Å². The van der Waals surface area contributed by atoms with Crippen molar-refractivity contribution < 1.29 is 18.8 Å². The Morgan fingerprint density at radius 1 is 1.36 bits per heavy atom. The van der Waals surface area contributed by atoms with Crippen molar-refractivity contribution in [3.63, 3.8) is 0 Å². The van der Waals surface area contributed by atoms with Gasteiger partial charge in [0.05, 0.1) is 25.1 Å². The number of amides is 1. The number of likely N-dealkylation sites (tertiary alicyclic amines) is 1. The molecule has 2 rings (SSSR count). The summed E-state index contributed by atoms with van der Waals surface area (Å²) in [7, 11) is 0. The molecule has 1 saturated heterocycles. The van der Waals surface area contributed by atoms with Crippen molar-refractivity contribution >= 4 is 11.9 Å². The average Bonchev–Trinajstić information content (AvgIpc) is 2.80. The van der Waals surface area contributed by atoms with Crippen LogP contribution in [0.2, 0.25) is 0 Å². The zero-order valence-electron chi connectivity index (χ0n) is 13.6. The lowest BCUT2D eigenvalue weighted by Gasteiger charge is -2.35. The van der Waals surface area contributed by atoms with Gasteiger partial charge in [-0.15, -0.1) is 0 Å². The van der Waals surface area contributed by atoms with Crippen LogP contribution < -0.4 is 0 Å². The van der Waals surface area contributed by atoms with Crippen LogP contribution in [0.25, 0.3) is 0 Å². The van der Waals surface area contributed by atoms with Crippen LogP contribution in [0.5, 0.6) is 0 Å². The summed E-state index contributed by atoms with van der Waals surface area (Å²) in [6, 6.07) is -0.0548. The van der Waals surface area contributed by atoms with E-state index in [0.29, 0.717) is 18.9 Å². The highest BCUT2D eigenvalue weighted by Gasteiger charge is 2.29. The Morgan fingerprint density at radius 2 is 2.14 bits per heavy atom. The molecule has 2 heterocycles. The van der Waals surface area contributed by atoms with Crippen molar-refractivity contribution in [1.29, 1.82) is 0 Å². The molecule has 1 amide bonds. The van der Waals surface area contributed by atoms with Gasteiger partial charge < -0.3 is 14.2 Å². The van der Waals surface area contributed by atoms with Crippen LogP contribution in [0.1, 0.15) is 49.6 Å². The summed E-state index contributed by atoms with van der Waals surface area (Å²) in [5, 5.41) is 3.89. The van der Waals surface area contributed by atoms with Crippen LogP contribution in [-0.2, 0) is 20.7 Å². The van der Waals surface area contributed by atoms with E-state index in [1.165, 1.54) is 0 Å². The van der Waals surface area contributed by atoms with Gasteiger partial charge in [0.15, 0.2) is 0 Å². The first-order valence-corrected chi connectivity index (χ1v) is 7.89. The number of carbonyl (C=O) groups is 2. The number of hydrogen-bond donors (Lipinski definition) is 0. The van der Waals surface area contributed by atoms with E-state index in [4.69, 9.17) is 9.26 Å². The highest BCUT2D eigenvalue weighted by Crippen LogP contribution is 2.22. The lowest BCUT2D eigenvalue weighted by molar-refractivity contribution is -0.146. The second-order valence-corrected chi connectivity index (χ2v) is 5.73. The molecule has 0 aliphatic carbocycles. The fourth-order valence-corrected chi connectivity index (χ4v) is 2.96. The number of aryl methyl sites for hydroxylation is 2. The number of aromatic nitrogens is 1. The number of piperidine rings is 1. The van der Waals surface area contributed by atoms with E-state index in [9.17, 15) is 9.59 Å². The monoisotopic (exact) mass is 308 g/mol. The largest absolute Gasteiger partial charge is 0.466 e. The van der Waals surface area contributed by atoms with Gasteiger partial charge in [-0.2, -0.15) is 0 Å². The van der Waals surface area contributed by atoms with E-state index in [0.717, 1.165) is 30.5 Å². The van der Waals surface area contributed by atoms with Gasteiger partial charge in [0.25, 0.3) is 0 Å². The Morgan fingerprint density at radius 3 is 2.77 bits per heavy atom. The molecule has 0 N–H and O–H groups in total. The van der Waals surface area contributed by atoms with E-state index < -0.39 is 0 Å². The first-order valence-electron chi connectivity index (χ1n) is 7.89. The van der Waals surface area contributed by atoms with Crippen LogP contribution in [-0.4, -0.2) is 41.1 Å². The minimum atomic E-state index is -0.232. The Kier molecular flexibility index (Phi) is 5.57. The highest BCUT2D eigenvalue weighted by molar-refractivity contribution is 5.80. The quantitative estimate of drug-likeness (QED) is 0.779. The first-order chi connectivity index (χ1) is 10.5. The Bertz CT molecular complexity index is 519.